The minimum absolute atomic E-state index is 0.0532. The molecule has 0 unspecified atom stereocenters. The second-order valence-corrected chi connectivity index (χ2v) is 5.73. The first-order valence-electron chi connectivity index (χ1n) is 5.55. The zero-order valence-electron chi connectivity index (χ0n) is 9.15. The van der Waals surface area contributed by atoms with Crippen molar-refractivity contribution < 1.29 is 13.7 Å². The van der Waals surface area contributed by atoms with Gasteiger partial charge in [0.05, 0.1) is 6.54 Å². The maximum Gasteiger partial charge on any atom is 0.129 e. The second-order valence-electron chi connectivity index (χ2n) is 4.03. The fourth-order valence-corrected chi connectivity index (χ4v) is 3.14. The minimum Gasteiger partial charge on any atom is -0.462 e. The molecule has 0 saturated carbocycles. The third-order valence-electron chi connectivity index (χ3n) is 2.83. The summed E-state index contributed by atoms with van der Waals surface area (Å²) < 4.78 is 16.5. The van der Waals surface area contributed by atoms with E-state index in [2.05, 4.69) is 5.32 Å². The third-order valence-corrected chi connectivity index (χ3v) is 4.21. The molecule has 0 radical (unpaired) electrons. The van der Waals surface area contributed by atoms with Crippen LogP contribution in [0.4, 0.5) is 0 Å². The van der Waals surface area contributed by atoms with Gasteiger partial charge in [0.25, 0.3) is 0 Å². The summed E-state index contributed by atoms with van der Waals surface area (Å²) in [6.45, 7) is 0.625. The maximum absolute atomic E-state index is 11.2. The van der Waals surface area contributed by atoms with Crippen molar-refractivity contribution in [3.05, 3.63) is 23.7 Å². The van der Waals surface area contributed by atoms with E-state index in [1.54, 1.807) is 6.07 Å². The average molecular weight is 243 g/mol. The Morgan fingerprint density at radius 2 is 2.06 bits per heavy atom. The fraction of sp³-hybridized carbons (Fsp3) is 0.636. The lowest BCUT2D eigenvalue weighted by Crippen LogP contribution is -2.35. The maximum atomic E-state index is 11.2. The van der Waals surface area contributed by atoms with Crippen LogP contribution in [0.1, 0.15) is 24.4 Å². The number of nitrogens with one attached hydrogen (secondary N) is 1. The molecule has 0 aliphatic carbocycles. The first kappa shape index (κ1) is 11.8. The van der Waals surface area contributed by atoms with Gasteiger partial charge >= 0.3 is 0 Å². The van der Waals surface area contributed by atoms with Crippen LogP contribution in [0.5, 0.6) is 0 Å². The monoisotopic (exact) mass is 243 g/mol. The normalized spacial score (nSPS) is 25.8. The molecule has 5 heteroatoms. The summed E-state index contributed by atoms with van der Waals surface area (Å²) in [5, 5.41) is 12.2. The van der Waals surface area contributed by atoms with E-state index in [0.717, 1.165) is 30.1 Å². The van der Waals surface area contributed by atoms with Crippen LogP contribution in [0.2, 0.25) is 0 Å². The standard InChI is InChI=1S/C11H17NO3S/c13-8-11-2-1-10(15-11)7-12-9-3-5-16(14)6-4-9/h1-2,9,12-13H,3-8H2. The first-order chi connectivity index (χ1) is 7.78. The molecule has 0 spiro atoms. The summed E-state index contributed by atoms with van der Waals surface area (Å²) >= 11 is 0. The van der Waals surface area contributed by atoms with E-state index in [0.29, 0.717) is 18.3 Å². The fourth-order valence-electron chi connectivity index (χ4n) is 1.85. The van der Waals surface area contributed by atoms with Crippen LogP contribution in [-0.2, 0) is 24.0 Å². The highest BCUT2D eigenvalue weighted by Gasteiger charge is 2.17. The lowest BCUT2D eigenvalue weighted by Gasteiger charge is -2.21. The predicted octanol–water partition coefficient (Wildman–Crippen LogP) is 0.773. The van der Waals surface area contributed by atoms with E-state index in [-0.39, 0.29) is 6.61 Å². The molecule has 90 valence electrons. The Kier molecular flexibility index (Phi) is 4.15. The second kappa shape index (κ2) is 5.61. The number of hydrogen-bond acceptors (Lipinski definition) is 4. The van der Waals surface area contributed by atoms with Crippen molar-refractivity contribution in [1.82, 2.24) is 5.32 Å². The lowest BCUT2D eigenvalue weighted by molar-refractivity contribution is 0.242. The van der Waals surface area contributed by atoms with Crippen molar-refractivity contribution >= 4 is 10.8 Å². The van der Waals surface area contributed by atoms with Gasteiger partial charge in [0.2, 0.25) is 0 Å². The van der Waals surface area contributed by atoms with Gasteiger partial charge < -0.3 is 14.8 Å². The Balaban J connectivity index is 1.76. The molecule has 1 aliphatic heterocycles. The van der Waals surface area contributed by atoms with Crippen molar-refractivity contribution in [3.63, 3.8) is 0 Å². The molecule has 1 aliphatic rings. The van der Waals surface area contributed by atoms with Crippen LogP contribution in [0.15, 0.2) is 16.5 Å². The van der Waals surface area contributed by atoms with Crippen LogP contribution in [0.25, 0.3) is 0 Å². The van der Waals surface area contributed by atoms with Crippen molar-refractivity contribution in [1.29, 1.82) is 0 Å². The molecule has 0 aromatic carbocycles. The highest BCUT2D eigenvalue weighted by molar-refractivity contribution is 7.85. The van der Waals surface area contributed by atoms with Crippen LogP contribution in [0.3, 0.4) is 0 Å². The molecule has 2 heterocycles. The molecule has 1 aromatic rings. The Hall–Kier alpha value is -0.650. The summed E-state index contributed by atoms with van der Waals surface area (Å²) in [6, 6.07) is 4.10. The van der Waals surface area contributed by atoms with E-state index in [9.17, 15) is 4.21 Å². The van der Waals surface area contributed by atoms with E-state index in [4.69, 9.17) is 9.52 Å². The number of aliphatic hydroxyl groups is 1. The van der Waals surface area contributed by atoms with Gasteiger partial charge in [0.1, 0.15) is 18.1 Å². The zero-order valence-corrected chi connectivity index (χ0v) is 9.96. The van der Waals surface area contributed by atoms with Gasteiger partial charge in [-0.3, -0.25) is 4.21 Å². The minimum atomic E-state index is -0.603. The van der Waals surface area contributed by atoms with Crippen LogP contribution in [-0.4, -0.2) is 26.9 Å². The van der Waals surface area contributed by atoms with E-state index >= 15 is 0 Å². The zero-order chi connectivity index (χ0) is 11.4. The lowest BCUT2D eigenvalue weighted by atomic mass is 10.1. The first-order valence-corrected chi connectivity index (χ1v) is 7.03. The molecule has 2 N–H and O–H groups in total. The molecule has 1 aromatic heterocycles. The molecular formula is C11H17NO3S. The molecule has 2 rings (SSSR count). The number of rotatable bonds is 4. The van der Waals surface area contributed by atoms with Crippen LogP contribution >= 0.6 is 0 Å². The number of furan rings is 1. The Morgan fingerprint density at radius 3 is 2.69 bits per heavy atom. The van der Waals surface area contributed by atoms with Gasteiger partial charge in [-0.05, 0) is 25.0 Å². The van der Waals surface area contributed by atoms with Crippen molar-refractivity contribution in [2.75, 3.05) is 11.5 Å². The molecule has 4 nitrogen and oxygen atoms in total. The van der Waals surface area contributed by atoms with Crippen LogP contribution in [0, 0.1) is 0 Å². The van der Waals surface area contributed by atoms with Gasteiger partial charge in [-0.15, -0.1) is 0 Å². The average Bonchev–Trinajstić information content (AvgIpc) is 2.76. The molecule has 16 heavy (non-hydrogen) atoms. The van der Waals surface area contributed by atoms with E-state index in [1.807, 2.05) is 6.07 Å². The van der Waals surface area contributed by atoms with Crippen molar-refractivity contribution in [3.8, 4) is 0 Å². The highest BCUT2D eigenvalue weighted by Crippen LogP contribution is 2.12. The van der Waals surface area contributed by atoms with Gasteiger partial charge in [-0.1, -0.05) is 0 Å². The summed E-state index contributed by atoms with van der Waals surface area (Å²) in [6.07, 6.45) is 1.94. The Labute approximate surface area is 97.5 Å². The van der Waals surface area contributed by atoms with E-state index in [1.165, 1.54) is 0 Å². The van der Waals surface area contributed by atoms with E-state index < -0.39 is 10.8 Å². The summed E-state index contributed by atoms with van der Waals surface area (Å²) in [5.41, 5.74) is 0. The summed E-state index contributed by atoms with van der Waals surface area (Å²) in [4.78, 5) is 0. The van der Waals surface area contributed by atoms with Gasteiger partial charge in [0.15, 0.2) is 0 Å². The summed E-state index contributed by atoms with van der Waals surface area (Å²) in [5.74, 6) is 3.05. The quantitative estimate of drug-likeness (QED) is 0.820. The SMILES string of the molecule is O=S1CCC(NCc2ccc(CO)o2)CC1. The number of aliphatic hydroxyl groups excluding tert-OH is 1. The highest BCUT2D eigenvalue weighted by atomic mass is 32.2. The molecule has 1 saturated heterocycles. The predicted molar refractivity (Wildman–Crippen MR) is 62.4 cm³/mol. The molecule has 1 fully saturated rings. The molecule has 0 bridgehead atoms. The number of hydrogen-bond donors (Lipinski definition) is 2. The molecule has 0 atom stereocenters. The van der Waals surface area contributed by atoms with Crippen LogP contribution < -0.4 is 5.32 Å². The van der Waals surface area contributed by atoms with Gasteiger partial charge in [0, 0.05) is 28.3 Å². The molecular weight excluding hydrogens is 226 g/mol. The Morgan fingerprint density at radius 1 is 1.38 bits per heavy atom. The largest absolute Gasteiger partial charge is 0.462 e. The topological polar surface area (TPSA) is 62.5 Å². The third kappa shape index (κ3) is 3.17. The summed E-state index contributed by atoms with van der Waals surface area (Å²) in [7, 11) is -0.603. The van der Waals surface area contributed by atoms with Gasteiger partial charge in [-0.25, -0.2) is 0 Å². The Bertz CT molecular complexity index is 354. The van der Waals surface area contributed by atoms with Gasteiger partial charge in [-0.2, -0.15) is 0 Å². The molecule has 0 amide bonds. The van der Waals surface area contributed by atoms with Crippen molar-refractivity contribution in [2.45, 2.75) is 32.0 Å². The smallest absolute Gasteiger partial charge is 0.129 e. The van der Waals surface area contributed by atoms with Crippen molar-refractivity contribution in [2.24, 2.45) is 0 Å².